The molecule has 0 unspecified atom stereocenters. The lowest BCUT2D eigenvalue weighted by Crippen LogP contribution is -2.37. The van der Waals surface area contributed by atoms with Gasteiger partial charge in [-0.25, -0.2) is 9.69 Å². The van der Waals surface area contributed by atoms with E-state index in [0.717, 1.165) is 10.5 Å². The van der Waals surface area contributed by atoms with Crippen molar-refractivity contribution in [1.29, 1.82) is 0 Å². The van der Waals surface area contributed by atoms with E-state index < -0.39 is 30.2 Å². The molecule has 25 heavy (non-hydrogen) atoms. The largest absolute Gasteiger partial charge is 0.334 e. The Labute approximate surface area is 143 Å². The number of ketones is 1. The Morgan fingerprint density at radius 2 is 1.80 bits per heavy atom. The quantitative estimate of drug-likeness (QED) is 0.487. The van der Waals surface area contributed by atoms with Gasteiger partial charge in [0.05, 0.1) is 6.54 Å². The van der Waals surface area contributed by atoms with Gasteiger partial charge in [0.1, 0.15) is 0 Å². The topological polar surface area (TPSA) is 104 Å². The van der Waals surface area contributed by atoms with Crippen LogP contribution in [-0.2, 0) is 20.8 Å². The molecule has 2 heterocycles. The molecule has 1 saturated heterocycles. The molecule has 1 aromatic rings. The van der Waals surface area contributed by atoms with Gasteiger partial charge in [0, 0.05) is 24.2 Å². The van der Waals surface area contributed by atoms with Crippen molar-refractivity contribution in [3.63, 3.8) is 0 Å². The number of amides is 5. The van der Waals surface area contributed by atoms with Crippen LogP contribution in [0.1, 0.15) is 35.7 Å². The number of hydrogen-bond acceptors (Lipinski definition) is 5. The van der Waals surface area contributed by atoms with Gasteiger partial charge in [-0.2, -0.15) is 0 Å². The molecule has 0 spiro atoms. The Hall–Kier alpha value is -3.03. The van der Waals surface area contributed by atoms with Crippen LogP contribution >= 0.6 is 0 Å². The first kappa shape index (κ1) is 16.8. The summed E-state index contributed by atoms with van der Waals surface area (Å²) in [5.41, 5.74) is 1.82. The standard InChI is InChI=1S/C17H17N3O5/c1-2-7-19-15(23)16(24)20(17(19)25)9-13(21)11-3-5-12-10(8-11)4-6-14(22)18-12/h3,5,8H,2,4,6-7,9H2,1H3,(H,18,22). The number of imide groups is 2. The Kier molecular flexibility index (Phi) is 4.35. The summed E-state index contributed by atoms with van der Waals surface area (Å²) >= 11 is 0. The number of rotatable bonds is 5. The molecular weight excluding hydrogens is 326 g/mol. The smallest absolute Gasteiger partial charge is 0.326 e. The maximum atomic E-state index is 12.4. The van der Waals surface area contributed by atoms with Gasteiger partial charge < -0.3 is 5.32 Å². The fourth-order valence-electron chi connectivity index (χ4n) is 2.90. The number of fused-ring (bicyclic) bond motifs is 1. The van der Waals surface area contributed by atoms with Gasteiger partial charge in [-0.1, -0.05) is 6.92 Å². The number of hydrogen-bond donors (Lipinski definition) is 1. The number of carbonyl (C=O) groups excluding carboxylic acids is 5. The van der Waals surface area contributed by atoms with Gasteiger partial charge in [-0.15, -0.1) is 0 Å². The average molecular weight is 343 g/mol. The Balaban J connectivity index is 1.76. The summed E-state index contributed by atoms with van der Waals surface area (Å²) in [6.45, 7) is 1.45. The van der Waals surface area contributed by atoms with Gasteiger partial charge in [-0.3, -0.25) is 24.1 Å². The van der Waals surface area contributed by atoms with Crippen LogP contribution in [0, 0.1) is 0 Å². The normalized spacial score (nSPS) is 17.0. The first-order valence-corrected chi connectivity index (χ1v) is 8.05. The zero-order chi connectivity index (χ0) is 18.1. The number of Topliss-reactive ketones (excluding diaryl/α,β-unsaturated/α-hetero) is 1. The van der Waals surface area contributed by atoms with E-state index in [0.29, 0.717) is 35.4 Å². The second kappa shape index (κ2) is 6.46. The Morgan fingerprint density at radius 3 is 2.52 bits per heavy atom. The van der Waals surface area contributed by atoms with Crippen molar-refractivity contribution in [2.45, 2.75) is 26.2 Å². The molecule has 0 bridgehead atoms. The van der Waals surface area contributed by atoms with E-state index in [9.17, 15) is 24.0 Å². The Morgan fingerprint density at radius 1 is 1.08 bits per heavy atom. The van der Waals surface area contributed by atoms with E-state index in [2.05, 4.69) is 5.32 Å². The van der Waals surface area contributed by atoms with Gasteiger partial charge in [-0.05, 0) is 36.6 Å². The minimum absolute atomic E-state index is 0.0747. The number of carbonyl (C=O) groups is 5. The van der Waals surface area contributed by atoms with E-state index in [4.69, 9.17) is 0 Å². The van der Waals surface area contributed by atoms with E-state index in [-0.39, 0.29) is 12.5 Å². The Bertz CT molecular complexity index is 801. The maximum Gasteiger partial charge on any atom is 0.334 e. The molecule has 0 aliphatic carbocycles. The predicted molar refractivity (Wildman–Crippen MR) is 86.8 cm³/mol. The van der Waals surface area contributed by atoms with E-state index in [1.165, 1.54) is 6.07 Å². The second-order valence-electron chi connectivity index (χ2n) is 5.97. The van der Waals surface area contributed by atoms with Crippen LogP contribution in [0.5, 0.6) is 0 Å². The molecule has 0 atom stereocenters. The van der Waals surface area contributed by atoms with Crippen LogP contribution in [0.4, 0.5) is 10.5 Å². The van der Waals surface area contributed by atoms with Crippen LogP contribution in [0.2, 0.25) is 0 Å². The molecule has 1 aromatic carbocycles. The summed E-state index contributed by atoms with van der Waals surface area (Å²) in [5, 5.41) is 2.72. The summed E-state index contributed by atoms with van der Waals surface area (Å²) < 4.78 is 0. The molecule has 0 radical (unpaired) electrons. The van der Waals surface area contributed by atoms with Crippen LogP contribution in [0.3, 0.4) is 0 Å². The van der Waals surface area contributed by atoms with Crippen LogP contribution in [-0.4, -0.2) is 52.4 Å². The number of nitrogens with zero attached hydrogens (tertiary/aromatic N) is 2. The van der Waals surface area contributed by atoms with Gasteiger partial charge in [0.25, 0.3) is 0 Å². The highest BCUT2D eigenvalue weighted by Gasteiger charge is 2.44. The van der Waals surface area contributed by atoms with Gasteiger partial charge in [0.2, 0.25) is 5.91 Å². The summed E-state index contributed by atoms with van der Waals surface area (Å²) in [6, 6.07) is 4.05. The van der Waals surface area contributed by atoms with E-state index in [1.54, 1.807) is 19.1 Å². The fraction of sp³-hybridized carbons (Fsp3) is 0.353. The van der Waals surface area contributed by atoms with Crippen LogP contribution in [0.25, 0.3) is 0 Å². The first-order valence-electron chi connectivity index (χ1n) is 8.05. The lowest BCUT2D eigenvalue weighted by Gasteiger charge is -2.18. The van der Waals surface area contributed by atoms with Crippen molar-refractivity contribution in [3.05, 3.63) is 29.3 Å². The zero-order valence-electron chi connectivity index (χ0n) is 13.7. The van der Waals surface area contributed by atoms with Crippen LogP contribution < -0.4 is 5.32 Å². The molecule has 2 aliphatic heterocycles. The summed E-state index contributed by atoms with van der Waals surface area (Å²) in [7, 11) is 0. The van der Waals surface area contributed by atoms with Gasteiger partial charge >= 0.3 is 17.8 Å². The monoisotopic (exact) mass is 343 g/mol. The number of urea groups is 1. The third kappa shape index (κ3) is 3.02. The second-order valence-corrected chi connectivity index (χ2v) is 5.97. The van der Waals surface area contributed by atoms with Crippen molar-refractivity contribution in [1.82, 2.24) is 9.80 Å². The zero-order valence-corrected chi connectivity index (χ0v) is 13.7. The highest BCUT2D eigenvalue weighted by atomic mass is 16.2. The molecule has 2 aliphatic rings. The highest BCUT2D eigenvalue weighted by Crippen LogP contribution is 2.24. The van der Waals surface area contributed by atoms with E-state index in [1.807, 2.05) is 0 Å². The average Bonchev–Trinajstić information content (AvgIpc) is 2.79. The molecule has 1 fully saturated rings. The number of anilines is 1. The SMILES string of the molecule is CCCN1C(=O)C(=O)N(CC(=O)c2ccc3c(c2)CCC(=O)N3)C1=O. The van der Waals surface area contributed by atoms with Crippen molar-refractivity contribution in [2.24, 2.45) is 0 Å². The van der Waals surface area contributed by atoms with Crippen molar-refractivity contribution in [2.75, 3.05) is 18.4 Å². The summed E-state index contributed by atoms with van der Waals surface area (Å²) in [5.74, 6) is -2.38. The minimum atomic E-state index is -0.975. The van der Waals surface area contributed by atoms with Crippen molar-refractivity contribution >= 4 is 35.2 Å². The predicted octanol–water partition coefficient (Wildman–Crippen LogP) is 0.955. The number of aryl methyl sites for hydroxylation is 1. The first-order chi connectivity index (χ1) is 11.9. The van der Waals surface area contributed by atoms with Crippen molar-refractivity contribution < 1.29 is 24.0 Å². The third-order valence-corrected chi connectivity index (χ3v) is 4.21. The summed E-state index contributed by atoms with van der Waals surface area (Å²) in [4.78, 5) is 61.3. The highest BCUT2D eigenvalue weighted by molar-refractivity contribution is 6.45. The lowest BCUT2D eigenvalue weighted by atomic mass is 9.98. The fourth-order valence-corrected chi connectivity index (χ4v) is 2.90. The molecule has 5 amide bonds. The minimum Gasteiger partial charge on any atom is -0.326 e. The molecule has 8 nitrogen and oxygen atoms in total. The molecule has 3 rings (SSSR count). The summed E-state index contributed by atoms with van der Waals surface area (Å²) in [6.07, 6.45) is 1.39. The lowest BCUT2D eigenvalue weighted by molar-refractivity contribution is -0.143. The molecule has 0 saturated carbocycles. The molecule has 1 N–H and O–H groups in total. The molecule has 130 valence electrons. The number of nitrogens with one attached hydrogen (secondary N) is 1. The molecule has 8 heteroatoms. The van der Waals surface area contributed by atoms with Gasteiger partial charge in [0.15, 0.2) is 5.78 Å². The van der Waals surface area contributed by atoms with Crippen molar-refractivity contribution in [3.8, 4) is 0 Å². The number of benzene rings is 1. The molecule has 0 aromatic heterocycles. The maximum absolute atomic E-state index is 12.4. The molecular formula is C17H17N3O5. The third-order valence-electron chi connectivity index (χ3n) is 4.21. The van der Waals surface area contributed by atoms with E-state index >= 15 is 0 Å². The van der Waals surface area contributed by atoms with Crippen LogP contribution in [0.15, 0.2) is 18.2 Å².